The van der Waals surface area contributed by atoms with Crippen molar-refractivity contribution in [3.63, 3.8) is 0 Å². The van der Waals surface area contributed by atoms with Crippen LogP contribution in [0.4, 0.5) is 5.69 Å². The summed E-state index contributed by atoms with van der Waals surface area (Å²) >= 11 is 1.85. The van der Waals surface area contributed by atoms with Gasteiger partial charge in [-0.2, -0.15) is 0 Å². The highest BCUT2D eigenvalue weighted by Gasteiger charge is 2.12. The van der Waals surface area contributed by atoms with Crippen LogP contribution in [0.3, 0.4) is 0 Å². The first-order valence-corrected chi connectivity index (χ1v) is 5.45. The van der Waals surface area contributed by atoms with E-state index < -0.39 is 0 Å². The Morgan fingerprint density at radius 1 is 1.31 bits per heavy atom. The Labute approximate surface area is 83.4 Å². The van der Waals surface area contributed by atoms with Crippen molar-refractivity contribution < 1.29 is 0 Å². The van der Waals surface area contributed by atoms with Crippen LogP contribution in [0.25, 0.3) is 0 Å². The Morgan fingerprint density at radius 2 is 2.15 bits per heavy atom. The van der Waals surface area contributed by atoms with Crippen LogP contribution in [0, 0.1) is 6.92 Å². The molecule has 0 aromatic heterocycles. The summed E-state index contributed by atoms with van der Waals surface area (Å²) in [4.78, 5) is 2.33. The molecule has 0 atom stereocenters. The Morgan fingerprint density at radius 3 is 2.77 bits per heavy atom. The maximum absolute atomic E-state index is 2.33. The van der Waals surface area contributed by atoms with Crippen LogP contribution >= 0.6 is 11.8 Å². The third-order valence-electron chi connectivity index (χ3n) is 2.20. The highest BCUT2D eigenvalue weighted by Crippen LogP contribution is 2.29. The first-order chi connectivity index (χ1) is 6.27. The van der Waals surface area contributed by atoms with Crippen molar-refractivity contribution in [1.82, 2.24) is 0 Å². The lowest BCUT2D eigenvalue weighted by Gasteiger charge is -2.19. The molecule has 0 radical (unpaired) electrons. The van der Waals surface area contributed by atoms with Crippen LogP contribution in [0.5, 0.6) is 0 Å². The third kappa shape index (κ3) is 1.73. The first kappa shape index (κ1) is 8.70. The van der Waals surface area contributed by atoms with Crippen molar-refractivity contribution in [1.29, 1.82) is 0 Å². The van der Waals surface area contributed by atoms with E-state index in [9.17, 15) is 0 Å². The van der Waals surface area contributed by atoms with Crippen LogP contribution in [0.1, 0.15) is 12.5 Å². The zero-order valence-electron chi connectivity index (χ0n) is 7.95. The molecule has 0 saturated carbocycles. The molecule has 1 aromatic carbocycles. The number of hydrogen-bond donors (Lipinski definition) is 0. The summed E-state index contributed by atoms with van der Waals surface area (Å²) in [5.74, 6) is 1.05. The van der Waals surface area contributed by atoms with Crippen molar-refractivity contribution in [2.75, 3.05) is 10.8 Å². The summed E-state index contributed by atoms with van der Waals surface area (Å²) in [6, 6.07) is 8.63. The number of allylic oxidation sites excluding steroid dienone is 1. The van der Waals surface area contributed by atoms with Gasteiger partial charge in [-0.25, -0.2) is 0 Å². The van der Waals surface area contributed by atoms with E-state index >= 15 is 0 Å². The first-order valence-electron chi connectivity index (χ1n) is 4.40. The highest BCUT2D eigenvalue weighted by molar-refractivity contribution is 8.02. The molecule has 1 heterocycles. The van der Waals surface area contributed by atoms with Gasteiger partial charge in [-0.3, -0.25) is 0 Å². The molecule has 0 saturated heterocycles. The number of rotatable bonds is 1. The summed E-state index contributed by atoms with van der Waals surface area (Å²) in [6.45, 7) is 4.29. The van der Waals surface area contributed by atoms with Gasteiger partial charge in [-0.05, 0) is 37.0 Å². The average molecular weight is 191 g/mol. The lowest BCUT2D eigenvalue weighted by molar-refractivity contribution is 1.08. The van der Waals surface area contributed by atoms with Gasteiger partial charge >= 0.3 is 0 Å². The zero-order valence-corrected chi connectivity index (χ0v) is 8.77. The number of thioether (sulfide) groups is 1. The van der Waals surface area contributed by atoms with Crippen LogP contribution in [-0.4, -0.2) is 5.88 Å². The summed E-state index contributed by atoms with van der Waals surface area (Å²) in [7, 11) is 0. The van der Waals surface area contributed by atoms with E-state index in [4.69, 9.17) is 0 Å². The SMILES string of the molecule is CC1=CSCN1c1cccc(C)c1. The van der Waals surface area contributed by atoms with E-state index in [1.807, 2.05) is 11.8 Å². The molecular weight excluding hydrogens is 178 g/mol. The van der Waals surface area contributed by atoms with Crippen LogP contribution in [0.2, 0.25) is 0 Å². The predicted octanol–water partition coefficient (Wildman–Crippen LogP) is 3.37. The topological polar surface area (TPSA) is 3.24 Å². The third-order valence-corrected chi connectivity index (χ3v) is 3.11. The van der Waals surface area contributed by atoms with Crippen molar-refractivity contribution in [3.05, 3.63) is 40.9 Å². The Bertz CT molecular complexity index is 344. The van der Waals surface area contributed by atoms with Gasteiger partial charge in [-0.1, -0.05) is 12.1 Å². The number of nitrogens with zero attached hydrogens (tertiary/aromatic N) is 1. The molecule has 2 heteroatoms. The standard InChI is InChI=1S/C11H13NS/c1-9-4-3-5-11(6-9)12-8-13-7-10(12)2/h3-7H,8H2,1-2H3. The fourth-order valence-electron chi connectivity index (χ4n) is 1.47. The van der Waals surface area contributed by atoms with Crippen LogP contribution in [-0.2, 0) is 0 Å². The van der Waals surface area contributed by atoms with Crippen molar-refractivity contribution in [2.45, 2.75) is 13.8 Å². The molecule has 0 spiro atoms. The van der Waals surface area contributed by atoms with Crippen molar-refractivity contribution >= 4 is 17.4 Å². The second kappa shape index (κ2) is 3.46. The summed E-state index contributed by atoms with van der Waals surface area (Å²) < 4.78 is 0. The summed E-state index contributed by atoms with van der Waals surface area (Å²) in [5.41, 5.74) is 3.97. The average Bonchev–Trinajstić information content (AvgIpc) is 2.51. The second-order valence-electron chi connectivity index (χ2n) is 3.32. The molecule has 1 aromatic rings. The van der Waals surface area contributed by atoms with Crippen molar-refractivity contribution in [3.8, 4) is 0 Å². The Hall–Kier alpha value is -0.890. The van der Waals surface area contributed by atoms with Crippen LogP contribution in [0.15, 0.2) is 35.4 Å². The molecule has 0 unspecified atom stereocenters. The molecule has 0 N–H and O–H groups in total. The number of aryl methyl sites for hydroxylation is 1. The van der Waals surface area contributed by atoms with Crippen molar-refractivity contribution in [2.24, 2.45) is 0 Å². The molecule has 0 fully saturated rings. The van der Waals surface area contributed by atoms with Gasteiger partial charge in [-0.15, -0.1) is 11.8 Å². The molecule has 68 valence electrons. The largest absolute Gasteiger partial charge is 0.335 e. The minimum Gasteiger partial charge on any atom is -0.335 e. The molecule has 0 amide bonds. The lowest BCUT2D eigenvalue weighted by Crippen LogP contribution is -2.15. The van der Waals surface area contributed by atoms with Gasteiger partial charge in [0, 0.05) is 11.4 Å². The molecule has 1 aliphatic heterocycles. The lowest BCUT2D eigenvalue weighted by atomic mass is 10.2. The normalized spacial score (nSPS) is 16.2. The monoisotopic (exact) mass is 191 g/mol. The van der Waals surface area contributed by atoms with Gasteiger partial charge < -0.3 is 4.90 Å². The maximum Gasteiger partial charge on any atom is 0.0726 e. The van der Waals surface area contributed by atoms with E-state index in [2.05, 4.69) is 48.4 Å². The maximum atomic E-state index is 2.33. The summed E-state index contributed by atoms with van der Waals surface area (Å²) in [6.07, 6.45) is 0. The zero-order chi connectivity index (χ0) is 9.26. The fraction of sp³-hybridized carbons (Fsp3) is 0.273. The van der Waals surface area contributed by atoms with Gasteiger partial charge in [0.15, 0.2) is 0 Å². The minimum absolute atomic E-state index is 1.05. The smallest absolute Gasteiger partial charge is 0.0726 e. The van der Waals surface area contributed by atoms with Gasteiger partial charge in [0.2, 0.25) is 0 Å². The van der Waals surface area contributed by atoms with E-state index in [1.54, 1.807) is 0 Å². The van der Waals surface area contributed by atoms with Crippen LogP contribution < -0.4 is 4.90 Å². The predicted molar refractivity (Wildman–Crippen MR) is 59.9 cm³/mol. The minimum atomic E-state index is 1.05. The molecular formula is C11H13NS. The summed E-state index contributed by atoms with van der Waals surface area (Å²) in [5, 5.41) is 2.21. The highest BCUT2D eigenvalue weighted by atomic mass is 32.2. The van der Waals surface area contributed by atoms with Gasteiger partial charge in [0.25, 0.3) is 0 Å². The number of benzene rings is 1. The molecule has 0 aliphatic carbocycles. The van der Waals surface area contributed by atoms with E-state index in [0.717, 1.165) is 5.88 Å². The van der Waals surface area contributed by atoms with E-state index in [-0.39, 0.29) is 0 Å². The quantitative estimate of drug-likeness (QED) is 0.669. The Kier molecular flexibility index (Phi) is 2.32. The molecule has 1 nitrogen and oxygen atoms in total. The fourth-order valence-corrected chi connectivity index (χ4v) is 2.42. The molecule has 1 aliphatic rings. The Balaban J connectivity index is 2.30. The van der Waals surface area contributed by atoms with E-state index in [0.29, 0.717) is 0 Å². The molecule has 2 rings (SSSR count). The van der Waals surface area contributed by atoms with E-state index in [1.165, 1.54) is 16.9 Å². The van der Waals surface area contributed by atoms with Gasteiger partial charge in [0.05, 0.1) is 5.88 Å². The second-order valence-corrected chi connectivity index (χ2v) is 4.15. The molecule has 13 heavy (non-hydrogen) atoms. The van der Waals surface area contributed by atoms with Gasteiger partial charge in [0.1, 0.15) is 0 Å². The number of anilines is 1. The molecule has 0 bridgehead atoms. The number of hydrogen-bond acceptors (Lipinski definition) is 2.